The molecule has 0 radical (unpaired) electrons. The van der Waals surface area contributed by atoms with E-state index in [9.17, 15) is 9.18 Å². The second-order valence-electron chi connectivity index (χ2n) is 7.58. The number of para-hydroxylation sites is 1. The van der Waals surface area contributed by atoms with Gasteiger partial charge in [-0.05, 0) is 23.8 Å². The third-order valence-electron chi connectivity index (χ3n) is 5.90. The predicted octanol–water partition coefficient (Wildman–Crippen LogP) is 2.75. The van der Waals surface area contributed by atoms with E-state index in [4.69, 9.17) is 4.74 Å². The number of halogens is 1. The van der Waals surface area contributed by atoms with Crippen molar-refractivity contribution in [2.24, 2.45) is 7.05 Å². The Labute approximate surface area is 168 Å². The lowest BCUT2D eigenvalue weighted by Crippen LogP contribution is -2.37. The minimum absolute atomic E-state index is 0.0621. The first-order valence-corrected chi connectivity index (χ1v) is 9.97. The molecule has 2 aliphatic rings. The summed E-state index contributed by atoms with van der Waals surface area (Å²) in [6.45, 7) is 4.12. The quantitative estimate of drug-likeness (QED) is 0.683. The summed E-state index contributed by atoms with van der Waals surface area (Å²) in [6, 6.07) is 11.1. The molecule has 0 atom stereocenters. The fraction of sp³-hybridized carbons (Fsp3) is 0.364. The Morgan fingerprint density at radius 2 is 1.93 bits per heavy atom. The van der Waals surface area contributed by atoms with Crippen LogP contribution < -0.4 is 4.90 Å². The van der Waals surface area contributed by atoms with Crippen molar-refractivity contribution in [1.29, 1.82) is 0 Å². The number of aromatic nitrogens is 2. The van der Waals surface area contributed by atoms with Crippen LogP contribution in [0.2, 0.25) is 0 Å². The molecule has 150 valence electrons. The summed E-state index contributed by atoms with van der Waals surface area (Å²) in [5.41, 5.74) is 4.03. The highest BCUT2D eigenvalue weighted by Gasteiger charge is 2.31. The van der Waals surface area contributed by atoms with Crippen LogP contribution in [-0.4, -0.2) is 53.2 Å². The number of hydrogen-bond acceptors (Lipinski definition) is 4. The maximum absolute atomic E-state index is 14.0. The Kier molecular flexibility index (Phi) is 4.47. The average Bonchev–Trinajstić information content (AvgIpc) is 3.25. The molecule has 1 aromatic heterocycles. The number of ether oxygens (including phenoxy) is 1. The van der Waals surface area contributed by atoms with E-state index in [1.165, 1.54) is 6.07 Å². The van der Waals surface area contributed by atoms with Crippen molar-refractivity contribution in [1.82, 2.24) is 14.5 Å². The van der Waals surface area contributed by atoms with E-state index in [-0.39, 0.29) is 11.7 Å². The van der Waals surface area contributed by atoms with E-state index in [0.717, 1.165) is 41.2 Å². The van der Waals surface area contributed by atoms with Crippen LogP contribution in [0, 0.1) is 5.82 Å². The lowest BCUT2D eigenvalue weighted by molar-refractivity contribution is 0.0779. The molecule has 2 aromatic carbocycles. The number of imidazole rings is 1. The first-order chi connectivity index (χ1) is 14.1. The van der Waals surface area contributed by atoms with Crippen LogP contribution in [0.3, 0.4) is 0 Å². The van der Waals surface area contributed by atoms with E-state index in [0.29, 0.717) is 38.2 Å². The molecular formula is C22H23FN4O2. The van der Waals surface area contributed by atoms with Gasteiger partial charge in [-0.2, -0.15) is 0 Å². The smallest absolute Gasteiger partial charge is 0.256 e. The van der Waals surface area contributed by atoms with Gasteiger partial charge >= 0.3 is 0 Å². The number of benzene rings is 2. The molecular weight excluding hydrogens is 371 g/mol. The number of rotatable bonds is 4. The highest BCUT2D eigenvalue weighted by Crippen LogP contribution is 2.32. The SMILES string of the molecule is Cn1c(CCN2Cc3cccc(N4CCOCC4)c3C2=O)nc2c(F)cccc21. The summed E-state index contributed by atoms with van der Waals surface area (Å²) in [5, 5.41) is 0. The monoisotopic (exact) mass is 394 g/mol. The van der Waals surface area contributed by atoms with Crippen molar-refractivity contribution in [2.45, 2.75) is 13.0 Å². The first-order valence-electron chi connectivity index (χ1n) is 9.97. The van der Waals surface area contributed by atoms with Gasteiger partial charge in [0.2, 0.25) is 0 Å². The molecule has 0 spiro atoms. The van der Waals surface area contributed by atoms with Gasteiger partial charge in [-0.1, -0.05) is 18.2 Å². The first kappa shape index (κ1) is 18.1. The van der Waals surface area contributed by atoms with Crippen LogP contribution in [0.15, 0.2) is 36.4 Å². The normalized spacial score (nSPS) is 16.7. The van der Waals surface area contributed by atoms with Crippen LogP contribution in [0.1, 0.15) is 21.7 Å². The van der Waals surface area contributed by atoms with E-state index in [2.05, 4.69) is 9.88 Å². The molecule has 5 rings (SSSR count). The van der Waals surface area contributed by atoms with Gasteiger partial charge in [0.1, 0.15) is 11.3 Å². The van der Waals surface area contributed by atoms with Crippen molar-refractivity contribution < 1.29 is 13.9 Å². The fourth-order valence-corrected chi connectivity index (χ4v) is 4.34. The molecule has 1 saturated heterocycles. The van der Waals surface area contributed by atoms with Crippen molar-refractivity contribution >= 4 is 22.6 Å². The second kappa shape index (κ2) is 7.15. The zero-order valence-corrected chi connectivity index (χ0v) is 16.4. The molecule has 0 unspecified atom stereocenters. The fourth-order valence-electron chi connectivity index (χ4n) is 4.34. The Hall–Kier alpha value is -2.93. The number of fused-ring (bicyclic) bond motifs is 2. The van der Waals surface area contributed by atoms with Gasteiger partial charge < -0.3 is 19.1 Å². The van der Waals surface area contributed by atoms with E-state index >= 15 is 0 Å². The minimum atomic E-state index is -0.316. The molecule has 3 aromatic rings. The third-order valence-corrected chi connectivity index (χ3v) is 5.90. The maximum atomic E-state index is 14.0. The molecule has 2 aliphatic heterocycles. The number of carbonyl (C=O) groups excluding carboxylic acids is 1. The maximum Gasteiger partial charge on any atom is 0.256 e. The summed E-state index contributed by atoms with van der Waals surface area (Å²) in [5.74, 6) is 0.526. The van der Waals surface area contributed by atoms with E-state index in [1.54, 1.807) is 6.07 Å². The summed E-state index contributed by atoms with van der Waals surface area (Å²) >= 11 is 0. The van der Waals surface area contributed by atoms with Crippen molar-refractivity contribution in [3.8, 4) is 0 Å². The average molecular weight is 394 g/mol. The number of amides is 1. The standard InChI is InChI=1S/C22H23FN4O2/c1-25-18-7-3-5-16(23)21(18)24-19(25)8-9-27-14-15-4-2-6-17(20(15)22(27)28)26-10-12-29-13-11-26/h2-7H,8-14H2,1H3. The highest BCUT2D eigenvalue weighted by atomic mass is 19.1. The van der Waals surface area contributed by atoms with Gasteiger partial charge in [0.25, 0.3) is 5.91 Å². The van der Waals surface area contributed by atoms with Crippen LogP contribution in [-0.2, 0) is 24.8 Å². The molecule has 7 heteroatoms. The predicted molar refractivity (Wildman–Crippen MR) is 109 cm³/mol. The van der Waals surface area contributed by atoms with E-state index in [1.807, 2.05) is 40.8 Å². The lowest BCUT2D eigenvalue weighted by Gasteiger charge is -2.30. The summed E-state index contributed by atoms with van der Waals surface area (Å²) in [7, 11) is 1.89. The van der Waals surface area contributed by atoms with Crippen LogP contribution >= 0.6 is 0 Å². The Morgan fingerprint density at radius 1 is 1.14 bits per heavy atom. The largest absolute Gasteiger partial charge is 0.378 e. The van der Waals surface area contributed by atoms with Gasteiger partial charge in [-0.3, -0.25) is 4.79 Å². The third kappa shape index (κ3) is 3.06. The van der Waals surface area contributed by atoms with E-state index < -0.39 is 0 Å². The highest BCUT2D eigenvalue weighted by molar-refractivity contribution is 6.03. The summed E-state index contributed by atoms with van der Waals surface area (Å²) < 4.78 is 21.4. The molecule has 1 amide bonds. The van der Waals surface area contributed by atoms with Crippen LogP contribution in [0.4, 0.5) is 10.1 Å². The Morgan fingerprint density at radius 3 is 2.72 bits per heavy atom. The number of aryl methyl sites for hydroxylation is 1. The van der Waals surface area contributed by atoms with Crippen molar-refractivity contribution in [3.63, 3.8) is 0 Å². The molecule has 6 nitrogen and oxygen atoms in total. The molecule has 29 heavy (non-hydrogen) atoms. The van der Waals surface area contributed by atoms with Gasteiger partial charge in [0.15, 0.2) is 5.82 Å². The lowest BCUT2D eigenvalue weighted by atomic mass is 10.1. The molecule has 0 bridgehead atoms. The van der Waals surface area contributed by atoms with Gasteiger partial charge in [0.05, 0.1) is 30.0 Å². The number of hydrogen-bond donors (Lipinski definition) is 0. The Balaban J connectivity index is 1.36. The molecule has 3 heterocycles. The van der Waals surface area contributed by atoms with Gasteiger partial charge in [0, 0.05) is 39.6 Å². The minimum Gasteiger partial charge on any atom is -0.378 e. The number of anilines is 1. The number of carbonyl (C=O) groups is 1. The topological polar surface area (TPSA) is 50.6 Å². The number of nitrogens with zero attached hydrogens (tertiary/aromatic N) is 4. The molecule has 1 fully saturated rings. The zero-order chi connectivity index (χ0) is 20.0. The second-order valence-corrected chi connectivity index (χ2v) is 7.58. The number of morpholine rings is 1. The van der Waals surface area contributed by atoms with Crippen molar-refractivity contribution in [2.75, 3.05) is 37.7 Å². The van der Waals surface area contributed by atoms with Crippen LogP contribution in [0.5, 0.6) is 0 Å². The molecule has 0 saturated carbocycles. The zero-order valence-electron chi connectivity index (χ0n) is 16.4. The van der Waals surface area contributed by atoms with Gasteiger partial charge in [-0.15, -0.1) is 0 Å². The van der Waals surface area contributed by atoms with Gasteiger partial charge in [-0.25, -0.2) is 9.37 Å². The Bertz CT molecular complexity index is 1090. The summed E-state index contributed by atoms with van der Waals surface area (Å²) in [4.78, 5) is 21.7. The van der Waals surface area contributed by atoms with Crippen molar-refractivity contribution in [3.05, 3.63) is 59.2 Å². The molecule has 0 N–H and O–H groups in total. The van der Waals surface area contributed by atoms with Crippen LogP contribution in [0.25, 0.3) is 11.0 Å². The molecule has 0 aliphatic carbocycles. The summed E-state index contributed by atoms with van der Waals surface area (Å²) in [6.07, 6.45) is 0.581.